The summed E-state index contributed by atoms with van der Waals surface area (Å²) in [5.74, 6) is -0.132. The van der Waals surface area contributed by atoms with E-state index < -0.39 is 0 Å². The second kappa shape index (κ2) is 8.06. The number of hydrogen-bond acceptors (Lipinski definition) is 2. The molecule has 1 N–H and O–H groups in total. The maximum Gasteiger partial charge on any atom is 0.252 e. The summed E-state index contributed by atoms with van der Waals surface area (Å²) < 4.78 is 0. The normalized spacial score (nSPS) is 12.0. The van der Waals surface area contributed by atoms with Crippen LogP contribution >= 0.6 is 11.6 Å². The minimum atomic E-state index is -0.132. The molecule has 0 spiro atoms. The van der Waals surface area contributed by atoms with E-state index in [0.29, 0.717) is 10.6 Å². The molecule has 4 aromatic rings. The van der Waals surface area contributed by atoms with Gasteiger partial charge in [0.1, 0.15) is 0 Å². The topological polar surface area (TPSA) is 42.0 Å². The molecule has 0 fully saturated rings. The zero-order valence-electron chi connectivity index (χ0n) is 16.3. The molecule has 0 saturated carbocycles. The zero-order chi connectivity index (χ0) is 20.4. The number of hydrogen-bond donors (Lipinski definition) is 1. The number of carbonyl (C=O) groups is 1. The van der Waals surface area contributed by atoms with Gasteiger partial charge in [0, 0.05) is 16.0 Å². The van der Waals surface area contributed by atoms with Crippen LogP contribution in [0.5, 0.6) is 0 Å². The highest BCUT2D eigenvalue weighted by atomic mass is 35.5. The van der Waals surface area contributed by atoms with Gasteiger partial charge in [-0.05, 0) is 37.1 Å². The van der Waals surface area contributed by atoms with Crippen LogP contribution in [-0.4, -0.2) is 10.9 Å². The van der Waals surface area contributed by atoms with E-state index in [0.717, 1.165) is 33.3 Å². The molecule has 0 aliphatic rings. The van der Waals surface area contributed by atoms with Crippen molar-refractivity contribution in [2.45, 2.75) is 19.9 Å². The lowest BCUT2D eigenvalue weighted by Gasteiger charge is -2.17. The Balaban J connectivity index is 1.82. The van der Waals surface area contributed by atoms with Crippen LogP contribution in [0.2, 0.25) is 5.02 Å². The third kappa shape index (κ3) is 3.87. The van der Waals surface area contributed by atoms with Gasteiger partial charge in [0.2, 0.25) is 0 Å². The molecule has 1 atom stereocenters. The fraction of sp³-hybridized carbons (Fsp3) is 0.120. The first-order valence-electron chi connectivity index (χ1n) is 9.55. The molecular weight excluding hydrogens is 380 g/mol. The lowest BCUT2D eigenvalue weighted by Crippen LogP contribution is -2.27. The second-order valence-corrected chi connectivity index (χ2v) is 7.50. The van der Waals surface area contributed by atoms with Gasteiger partial charge in [0.25, 0.3) is 5.91 Å². The number of aromatic nitrogens is 1. The predicted molar refractivity (Wildman–Crippen MR) is 119 cm³/mol. The summed E-state index contributed by atoms with van der Waals surface area (Å²) in [4.78, 5) is 18.1. The Kier molecular flexibility index (Phi) is 5.32. The molecule has 4 rings (SSSR count). The molecular formula is C25H21ClN2O. The smallest absolute Gasteiger partial charge is 0.252 e. The van der Waals surface area contributed by atoms with Crippen LogP contribution in [0.1, 0.15) is 34.5 Å². The van der Waals surface area contributed by atoms with E-state index in [1.54, 1.807) is 0 Å². The summed E-state index contributed by atoms with van der Waals surface area (Å²) in [7, 11) is 0. The van der Waals surface area contributed by atoms with E-state index in [9.17, 15) is 4.79 Å². The summed E-state index contributed by atoms with van der Waals surface area (Å²) in [6.07, 6.45) is 0. The molecule has 0 aliphatic heterocycles. The Labute approximate surface area is 175 Å². The Morgan fingerprint density at radius 3 is 2.31 bits per heavy atom. The van der Waals surface area contributed by atoms with Crippen LogP contribution in [-0.2, 0) is 0 Å². The van der Waals surface area contributed by atoms with Crippen molar-refractivity contribution in [3.63, 3.8) is 0 Å². The molecule has 0 unspecified atom stereocenters. The number of nitrogens with zero attached hydrogens (tertiary/aromatic N) is 1. The monoisotopic (exact) mass is 400 g/mol. The number of benzene rings is 3. The standard InChI is InChI=1S/C25H21ClN2O/c1-16-22(26)14-13-20-21(25(29)27-17(2)18-9-5-3-6-10-18)15-23(28-24(16)20)19-11-7-4-8-12-19/h3-15,17H,1-2H3,(H,27,29)/t17-/m0/s1. The molecule has 1 amide bonds. The van der Waals surface area contributed by atoms with Gasteiger partial charge in [-0.1, -0.05) is 78.3 Å². The molecule has 0 radical (unpaired) electrons. The number of halogens is 1. The SMILES string of the molecule is Cc1c(Cl)ccc2c(C(=O)N[C@@H](C)c3ccccc3)cc(-c3ccccc3)nc12. The van der Waals surface area contributed by atoms with Crippen molar-refractivity contribution >= 4 is 28.4 Å². The number of pyridine rings is 1. The van der Waals surface area contributed by atoms with Crippen molar-refractivity contribution < 1.29 is 4.79 Å². The number of amides is 1. The third-order valence-electron chi connectivity index (χ3n) is 5.13. The summed E-state index contributed by atoms with van der Waals surface area (Å²) >= 11 is 6.34. The molecule has 0 saturated heterocycles. The number of carbonyl (C=O) groups excluding carboxylic acids is 1. The van der Waals surface area contributed by atoms with Crippen LogP contribution in [0.4, 0.5) is 0 Å². The van der Waals surface area contributed by atoms with Gasteiger partial charge < -0.3 is 5.32 Å². The average Bonchev–Trinajstić information content (AvgIpc) is 2.77. The molecule has 29 heavy (non-hydrogen) atoms. The highest BCUT2D eigenvalue weighted by Gasteiger charge is 2.18. The van der Waals surface area contributed by atoms with E-state index >= 15 is 0 Å². The highest BCUT2D eigenvalue weighted by molar-refractivity contribution is 6.32. The lowest BCUT2D eigenvalue weighted by molar-refractivity contribution is 0.0941. The van der Waals surface area contributed by atoms with Crippen molar-refractivity contribution in [3.05, 3.63) is 101 Å². The Hall–Kier alpha value is -3.17. The molecule has 0 aliphatic carbocycles. The van der Waals surface area contributed by atoms with Crippen molar-refractivity contribution in [1.82, 2.24) is 10.3 Å². The van der Waals surface area contributed by atoms with E-state index in [2.05, 4.69) is 5.32 Å². The Morgan fingerprint density at radius 1 is 0.966 bits per heavy atom. The number of aryl methyl sites for hydroxylation is 1. The van der Waals surface area contributed by atoms with E-state index in [4.69, 9.17) is 16.6 Å². The zero-order valence-corrected chi connectivity index (χ0v) is 17.1. The lowest BCUT2D eigenvalue weighted by atomic mass is 10.0. The van der Waals surface area contributed by atoms with E-state index in [-0.39, 0.29) is 11.9 Å². The number of rotatable bonds is 4. The van der Waals surface area contributed by atoms with Crippen LogP contribution in [0.25, 0.3) is 22.2 Å². The van der Waals surface area contributed by atoms with Gasteiger partial charge in [-0.25, -0.2) is 4.98 Å². The fourth-order valence-corrected chi connectivity index (χ4v) is 3.60. The minimum Gasteiger partial charge on any atom is -0.345 e. The van der Waals surface area contributed by atoms with E-state index in [1.165, 1.54) is 0 Å². The molecule has 1 heterocycles. The van der Waals surface area contributed by atoms with Gasteiger partial charge in [0.15, 0.2) is 0 Å². The van der Waals surface area contributed by atoms with Crippen molar-refractivity contribution in [2.75, 3.05) is 0 Å². The van der Waals surface area contributed by atoms with Gasteiger partial charge in [0.05, 0.1) is 22.8 Å². The van der Waals surface area contributed by atoms with Gasteiger partial charge >= 0.3 is 0 Å². The summed E-state index contributed by atoms with van der Waals surface area (Å²) in [6, 6.07) is 25.2. The second-order valence-electron chi connectivity index (χ2n) is 7.10. The largest absolute Gasteiger partial charge is 0.345 e. The van der Waals surface area contributed by atoms with Crippen molar-refractivity contribution in [2.24, 2.45) is 0 Å². The van der Waals surface area contributed by atoms with Crippen LogP contribution in [0, 0.1) is 6.92 Å². The van der Waals surface area contributed by atoms with Gasteiger partial charge in [-0.2, -0.15) is 0 Å². The maximum atomic E-state index is 13.3. The molecule has 4 heteroatoms. The van der Waals surface area contributed by atoms with Gasteiger partial charge in [-0.3, -0.25) is 4.79 Å². The maximum absolute atomic E-state index is 13.3. The average molecular weight is 401 g/mol. The van der Waals surface area contributed by atoms with E-state index in [1.807, 2.05) is 92.7 Å². The predicted octanol–water partition coefficient (Wildman–Crippen LogP) is 6.35. The number of fused-ring (bicyclic) bond motifs is 1. The molecule has 1 aromatic heterocycles. The summed E-state index contributed by atoms with van der Waals surface area (Å²) in [6.45, 7) is 3.91. The molecule has 3 nitrogen and oxygen atoms in total. The molecule has 144 valence electrons. The number of nitrogens with one attached hydrogen (secondary N) is 1. The van der Waals surface area contributed by atoms with Crippen molar-refractivity contribution in [1.29, 1.82) is 0 Å². The highest BCUT2D eigenvalue weighted by Crippen LogP contribution is 2.30. The quantitative estimate of drug-likeness (QED) is 0.433. The van der Waals surface area contributed by atoms with Gasteiger partial charge in [-0.15, -0.1) is 0 Å². The first-order chi connectivity index (χ1) is 14.0. The Morgan fingerprint density at radius 2 is 1.62 bits per heavy atom. The van der Waals surface area contributed by atoms with Crippen LogP contribution < -0.4 is 5.32 Å². The minimum absolute atomic E-state index is 0.111. The van der Waals surface area contributed by atoms with Crippen LogP contribution in [0.3, 0.4) is 0 Å². The molecule has 0 bridgehead atoms. The third-order valence-corrected chi connectivity index (χ3v) is 5.54. The van der Waals surface area contributed by atoms with Crippen LogP contribution in [0.15, 0.2) is 78.9 Å². The first kappa shape index (κ1) is 19.2. The van der Waals surface area contributed by atoms with Crippen molar-refractivity contribution in [3.8, 4) is 11.3 Å². The first-order valence-corrected chi connectivity index (χ1v) is 9.93. The fourth-order valence-electron chi connectivity index (χ4n) is 3.45. The Bertz CT molecular complexity index is 1170. The molecule has 3 aromatic carbocycles. The summed E-state index contributed by atoms with van der Waals surface area (Å²) in [5.41, 5.74) is 4.97. The summed E-state index contributed by atoms with van der Waals surface area (Å²) in [5, 5.41) is 4.55.